The monoisotopic (exact) mass is 574 g/mol. The van der Waals surface area contributed by atoms with Crippen LogP contribution >= 0.6 is 22.9 Å². The number of carbonyl (C=O) groups is 2. The fourth-order valence-corrected chi connectivity index (χ4v) is 5.11. The molecule has 1 aromatic heterocycles. The van der Waals surface area contributed by atoms with Gasteiger partial charge in [0.25, 0.3) is 11.6 Å². The topological polar surface area (TPSA) is 96.2 Å². The van der Waals surface area contributed by atoms with Crippen LogP contribution in [0, 0.1) is 15.9 Å². The highest BCUT2D eigenvalue weighted by atomic mass is 35.5. The number of ether oxygens (including phenoxy) is 1. The fourth-order valence-electron chi connectivity index (χ4n) is 4.20. The van der Waals surface area contributed by atoms with Crippen LogP contribution < -0.4 is 0 Å². The Kier molecular flexibility index (Phi) is 9.99. The van der Waals surface area contributed by atoms with Gasteiger partial charge in [-0.2, -0.15) is 0 Å². The first-order chi connectivity index (χ1) is 18.8. The van der Waals surface area contributed by atoms with Crippen LogP contribution in [0.1, 0.15) is 20.8 Å². The summed E-state index contributed by atoms with van der Waals surface area (Å²) in [5.74, 6) is -1.17. The maximum absolute atomic E-state index is 13.7. The number of carbonyl (C=O) groups excluding carboxylic acids is 2. The third-order valence-corrected chi connectivity index (χ3v) is 7.54. The minimum atomic E-state index is -0.645. The maximum Gasteiger partial charge on any atom is 0.288 e. The zero-order chi connectivity index (χ0) is 27.8. The smallest absolute Gasteiger partial charge is 0.288 e. The third-order valence-electron chi connectivity index (χ3n) is 6.36. The third kappa shape index (κ3) is 8.06. The molecule has 0 N–H and O–H groups in total. The molecule has 9 nitrogen and oxygen atoms in total. The van der Waals surface area contributed by atoms with E-state index in [1.54, 1.807) is 17.0 Å². The second-order valence-electron chi connectivity index (χ2n) is 9.06. The molecule has 1 aliphatic heterocycles. The van der Waals surface area contributed by atoms with Gasteiger partial charge in [-0.05, 0) is 41.3 Å². The Hall–Kier alpha value is -3.38. The highest BCUT2D eigenvalue weighted by molar-refractivity contribution is 7.09. The summed E-state index contributed by atoms with van der Waals surface area (Å²) in [6.07, 6.45) is 0. The van der Waals surface area contributed by atoms with Crippen molar-refractivity contribution < 1.29 is 23.6 Å². The number of nitro groups is 1. The lowest BCUT2D eigenvalue weighted by Gasteiger charge is -2.31. The molecule has 0 unspecified atom stereocenters. The van der Waals surface area contributed by atoms with Crippen molar-refractivity contribution in [2.24, 2.45) is 0 Å². The maximum atomic E-state index is 13.7. The predicted octanol–water partition coefficient (Wildman–Crippen LogP) is 4.45. The number of morpholine rings is 1. The van der Waals surface area contributed by atoms with Crippen LogP contribution in [0.3, 0.4) is 0 Å². The quantitative estimate of drug-likeness (QED) is 0.248. The molecular formula is C27H28ClFN4O5S. The Bertz CT molecular complexity index is 1290. The number of nitro benzene ring substituents is 1. The Morgan fingerprint density at radius 1 is 1.08 bits per heavy atom. The molecule has 1 aliphatic rings. The lowest BCUT2D eigenvalue weighted by atomic mass is 10.1. The second-order valence-corrected chi connectivity index (χ2v) is 10.5. The zero-order valence-electron chi connectivity index (χ0n) is 21.1. The van der Waals surface area contributed by atoms with E-state index < -0.39 is 10.8 Å². The lowest BCUT2D eigenvalue weighted by molar-refractivity contribution is -0.384. The number of hydrogen-bond donors (Lipinski definition) is 0. The largest absolute Gasteiger partial charge is 0.379 e. The number of amides is 2. The Balaban J connectivity index is 1.56. The minimum absolute atomic E-state index is 0.0734. The van der Waals surface area contributed by atoms with Crippen LogP contribution in [0.25, 0.3) is 0 Å². The summed E-state index contributed by atoms with van der Waals surface area (Å²) in [7, 11) is 0. The molecule has 2 aromatic carbocycles. The average Bonchev–Trinajstić information content (AvgIpc) is 3.45. The molecule has 39 heavy (non-hydrogen) atoms. The van der Waals surface area contributed by atoms with Crippen molar-refractivity contribution >= 4 is 40.4 Å². The number of hydrogen-bond acceptors (Lipinski definition) is 7. The molecule has 1 saturated heterocycles. The van der Waals surface area contributed by atoms with Gasteiger partial charge in [-0.1, -0.05) is 29.8 Å². The summed E-state index contributed by atoms with van der Waals surface area (Å²) in [5, 5.41) is 13.2. The van der Waals surface area contributed by atoms with Gasteiger partial charge in [0.2, 0.25) is 5.91 Å². The van der Waals surface area contributed by atoms with E-state index in [1.165, 1.54) is 40.5 Å². The predicted molar refractivity (Wildman–Crippen MR) is 146 cm³/mol. The molecule has 3 aromatic rings. The Morgan fingerprint density at radius 2 is 1.82 bits per heavy atom. The van der Waals surface area contributed by atoms with Gasteiger partial charge >= 0.3 is 0 Å². The SMILES string of the molecule is O=C(CN(CCN1CCOCC1)C(=O)c1ccc(Cl)c([N+](=O)[O-])c1)N(Cc1ccc(F)cc1)Cc1cccs1. The molecule has 12 heteroatoms. The number of rotatable bonds is 11. The molecule has 0 bridgehead atoms. The van der Waals surface area contributed by atoms with Crippen molar-refractivity contribution in [3.8, 4) is 0 Å². The molecule has 2 amide bonds. The lowest BCUT2D eigenvalue weighted by Crippen LogP contribution is -2.47. The van der Waals surface area contributed by atoms with Gasteiger partial charge in [-0.15, -0.1) is 11.3 Å². The van der Waals surface area contributed by atoms with Crippen molar-refractivity contribution in [2.75, 3.05) is 45.9 Å². The standard InChI is InChI=1S/C27H28ClFN4O5S/c28-24-8-5-21(16-25(24)33(36)37)27(35)31(10-9-30-11-13-38-14-12-30)19-26(34)32(18-23-2-1-15-39-23)17-20-3-6-22(29)7-4-20/h1-8,15-16H,9-14,17-19H2. The van der Waals surface area contributed by atoms with Crippen molar-refractivity contribution in [3.63, 3.8) is 0 Å². The first-order valence-electron chi connectivity index (χ1n) is 12.4. The number of nitrogens with zero attached hydrogens (tertiary/aromatic N) is 4. The van der Waals surface area contributed by atoms with Gasteiger partial charge in [0.05, 0.1) is 24.7 Å². The second kappa shape index (κ2) is 13.6. The van der Waals surface area contributed by atoms with Crippen molar-refractivity contribution in [1.82, 2.24) is 14.7 Å². The van der Waals surface area contributed by atoms with E-state index >= 15 is 0 Å². The van der Waals surface area contributed by atoms with Crippen LogP contribution in [0.5, 0.6) is 0 Å². The summed E-state index contributed by atoms with van der Waals surface area (Å²) < 4.78 is 18.9. The van der Waals surface area contributed by atoms with Gasteiger partial charge in [-0.3, -0.25) is 24.6 Å². The molecule has 4 rings (SSSR count). The van der Waals surface area contributed by atoms with Crippen molar-refractivity contribution in [3.05, 3.63) is 96.9 Å². The summed E-state index contributed by atoms with van der Waals surface area (Å²) in [5.41, 5.74) is 0.447. The molecule has 1 fully saturated rings. The van der Waals surface area contributed by atoms with E-state index in [1.807, 2.05) is 17.5 Å². The molecule has 0 aliphatic carbocycles. The first-order valence-corrected chi connectivity index (χ1v) is 13.6. The molecule has 0 atom stereocenters. The number of benzene rings is 2. The van der Waals surface area contributed by atoms with Gasteiger partial charge in [0, 0.05) is 49.2 Å². The zero-order valence-corrected chi connectivity index (χ0v) is 22.7. The Morgan fingerprint density at radius 3 is 2.49 bits per heavy atom. The fraction of sp³-hybridized carbons (Fsp3) is 0.333. The molecule has 0 spiro atoms. The van der Waals surface area contributed by atoms with Gasteiger partial charge < -0.3 is 14.5 Å². The van der Waals surface area contributed by atoms with Crippen LogP contribution in [0.2, 0.25) is 5.02 Å². The van der Waals surface area contributed by atoms with Crippen LogP contribution in [0.15, 0.2) is 60.0 Å². The van der Waals surface area contributed by atoms with E-state index in [0.29, 0.717) is 39.4 Å². The van der Waals surface area contributed by atoms with Crippen LogP contribution in [-0.4, -0.2) is 77.4 Å². The highest BCUT2D eigenvalue weighted by Crippen LogP contribution is 2.26. The first kappa shape index (κ1) is 28.6. The number of halogens is 2. The van der Waals surface area contributed by atoms with Crippen molar-refractivity contribution in [1.29, 1.82) is 0 Å². The molecule has 206 valence electrons. The molecule has 0 radical (unpaired) electrons. The van der Waals surface area contributed by atoms with E-state index in [9.17, 15) is 24.1 Å². The summed E-state index contributed by atoms with van der Waals surface area (Å²) in [4.78, 5) is 44.1. The molecule has 2 heterocycles. The van der Waals surface area contributed by atoms with Crippen LogP contribution in [0.4, 0.5) is 10.1 Å². The van der Waals surface area contributed by atoms with E-state index in [-0.39, 0.29) is 47.6 Å². The van der Waals surface area contributed by atoms with E-state index in [4.69, 9.17) is 16.3 Å². The van der Waals surface area contributed by atoms with E-state index in [2.05, 4.69) is 4.90 Å². The van der Waals surface area contributed by atoms with E-state index in [0.717, 1.165) is 16.5 Å². The minimum Gasteiger partial charge on any atom is -0.379 e. The molecule has 0 saturated carbocycles. The van der Waals surface area contributed by atoms with Gasteiger partial charge in [0.15, 0.2) is 0 Å². The summed E-state index contributed by atoms with van der Waals surface area (Å²) in [6.45, 7) is 3.66. The Labute approximate surface area is 234 Å². The summed E-state index contributed by atoms with van der Waals surface area (Å²) in [6, 6.07) is 13.6. The number of thiophene rings is 1. The average molecular weight is 575 g/mol. The van der Waals surface area contributed by atoms with Gasteiger partial charge in [0.1, 0.15) is 17.4 Å². The normalized spacial score (nSPS) is 13.7. The van der Waals surface area contributed by atoms with Crippen molar-refractivity contribution in [2.45, 2.75) is 13.1 Å². The summed E-state index contributed by atoms with van der Waals surface area (Å²) >= 11 is 7.46. The molecular weight excluding hydrogens is 547 g/mol. The van der Waals surface area contributed by atoms with Crippen LogP contribution in [-0.2, 0) is 22.6 Å². The highest BCUT2D eigenvalue weighted by Gasteiger charge is 2.26. The van der Waals surface area contributed by atoms with Gasteiger partial charge in [-0.25, -0.2) is 4.39 Å².